The van der Waals surface area contributed by atoms with Crippen molar-refractivity contribution in [1.29, 1.82) is 0 Å². The summed E-state index contributed by atoms with van der Waals surface area (Å²) < 4.78 is 36.5. The molecule has 1 heterocycles. The number of carbonyl (C=O) groups excluding carboxylic acids is 1. The molecular weight excluding hydrogens is 309 g/mol. The predicted molar refractivity (Wildman–Crippen MR) is 82.4 cm³/mol. The van der Waals surface area contributed by atoms with Crippen molar-refractivity contribution < 1.29 is 18.0 Å². The molecule has 0 aliphatic carbocycles. The number of anilines is 1. The first-order chi connectivity index (χ1) is 10.9. The Bertz CT molecular complexity index is 560. The van der Waals surface area contributed by atoms with Gasteiger partial charge in [0.2, 0.25) is 5.91 Å². The number of benzene rings is 1. The molecule has 126 valence electrons. The molecule has 5 nitrogen and oxygen atoms in total. The summed E-state index contributed by atoms with van der Waals surface area (Å²) in [6.45, 7) is 0.190. The van der Waals surface area contributed by atoms with Crippen LogP contribution in [-0.2, 0) is 4.79 Å². The fourth-order valence-corrected chi connectivity index (χ4v) is 2.37. The van der Waals surface area contributed by atoms with E-state index in [-0.39, 0.29) is 30.9 Å². The zero-order valence-electron chi connectivity index (χ0n) is 12.7. The van der Waals surface area contributed by atoms with Crippen LogP contribution < -0.4 is 15.5 Å². The summed E-state index contributed by atoms with van der Waals surface area (Å²) in [6.07, 6.45) is -4.87. The minimum absolute atomic E-state index is 0.0283. The van der Waals surface area contributed by atoms with Crippen molar-refractivity contribution in [2.45, 2.75) is 25.1 Å². The standard InChI is InChI=1S/C15H19F3N4O/c1-19-14(20-8-7-15(16,17)18)21-11-9-13(23)22(10-11)12-5-3-2-4-6-12/h2-6,11H,7-10H2,1H3,(H2,19,20,21). The number of guanidine groups is 1. The van der Waals surface area contributed by atoms with Gasteiger partial charge in [0, 0.05) is 32.2 Å². The molecule has 8 heteroatoms. The largest absolute Gasteiger partial charge is 0.390 e. The van der Waals surface area contributed by atoms with Gasteiger partial charge < -0.3 is 15.5 Å². The second-order valence-corrected chi connectivity index (χ2v) is 5.25. The van der Waals surface area contributed by atoms with E-state index in [4.69, 9.17) is 0 Å². The van der Waals surface area contributed by atoms with E-state index in [1.165, 1.54) is 7.05 Å². The SMILES string of the molecule is CN=C(NCCC(F)(F)F)NC1CC(=O)N(c2ccccc2)C1. The van der Waals surface area contributed by atoms with Gasteiger partial charge in [-0.05, 0) is 12.1 Å². The van der Waals surface area contributed by atoms with Crippen LogP contribution in [0.2, 0.25) is 0 Å². The van der Waals surface area contributed by atoms with Crippen molar-refractivity contribution in [2.75, 3.05) is 25.0 Å². The smallest absolute Gasteiger partial charge is 0.356 e. The molecule has 1 amide bonds. The summed E-state index contributed by atoms with van der Waals surface area (Å²) in [5.41, 5.74) is 0.807. The number of nitrogens with one attached hydrogen (secondary N) is 2. The number of carbonyl (C=O) groups is 1. The van der Waals surface area contributed by atoms with Gasteiger partial charge >= 0.3 is 6.18 Å². The van der Waals surface area contributed by atoms with Crippen molar-refractivity contribution in [2.24, 2.45) is 4.99 Å². The molecule has 1 aromatic rings. The Morgan fingerprint density at radius 3 is 2.65 bits per heavy atom. The Balaban J connectivity index is 1.87. The van der Waals surface area contributed by atoms with Crippen LogP contribution in [0, 0.1) is 0 Å². The first-order valence-corrected chi connectivity index (χ1v) is 7.28. The number of amides is 1. The van der Waals surface area contributed by atoms with Gasteiger partial charge in [0.1, 0.15) is 0 Å². The second-order valence-electron chi connectivity index (χ2n) is 5.25. The van der Waals surface area contributed by atoms with E-state index in [1.807, 2.05) is 30.3 Å². The molecule has 1 unspecified atom stereocenters. The lowest BCUT2D eigenvalue weighted by Crippen LogP contribution is -2.45. The maximum absolute atomic E-state index is 12.2. The van der Waals surface area contributed by atoms with Gasteiger partial charge in [-0.2, -0.15) is 13.2 Å². The number of para-hydroxylation sites is 1. The summed E-state index contributed by atoms with van der Waals surface area (Å²) in [6, 6.07) is 9.06. The average molecular weight is 328 g/mol. The number of rotatable bonds is 4. The van der Waals surface area contributed by atoms with Gasteiger partial charge in [0.25, 0.3) is 0 Å². The van der Waals surface area contributed by atoms with Crippen LogP contribution in [0.3, 0.4) is 0 Å². The van der Waals surface area contributed by atoms with E-state index in [2.05, 4.69) is 15.6 Å². The predicted octanol–water partition coefficient (Wildman–Crippen LogP) is 1.91. The maximum atomic E-state index is 12.2. The van der Waals surface area contributed by atoms with E-state index in [9.17, 15) is 18.0 Å². The highest BCUT2D eigenvalue weighted by Crippen LogP contribution is 2.21. The molecule has 0 bridgehead atoms. The molecule has 23 heavy (non-hydrogen) atoms. The fourth-order valence-electron chi connectivity index (χ4n) is 2.37. The monoisotopic (exact) mass is 328 g/mol. The van der Waals surface area contributed by atoms with Crippen LogP contribution in [0.4, 0.5) is 18.9 Å². The summed E-state index contributed by atoms with van der Waals surface area (Å²) in [5, 5.41) is 5.60. The minimum Gasteiger partial charge on any atom is -0.356 e. The van der Waals surface area contributed by atoms with Crippen molar-refractivity contribution in [3.05, 3.63) is 30.3 Å². The third-order valence-corrected chi connectivity index (χ3v) is 3.46. The molecule has 1 fully saturated rings. The summed E-state index contributed by atoms with van der Waals surface area (Å²) in [5.74, 6) is 0.237. The highest BCUT2D eigenvalue weighted by molar-refractivity contribution is 5.97. The number of nitrogens with zero attached hydrogens (tertiary/aromatic N) is 2. The van der Waals surface area contributed by atoms with Crippen LogP contribution in [0.25, 0.3) is 0 Å². The normalized spacial score (nSPS) is 19.1. The quantitative estimate of drug-likeness (QED) is 0.656. The van der Waals surface area contributed by atoms with E-state index < -0.39 is 12.6 Å². The number of hydrogen-bond acceptors (Lipinski definition) is 2. The highest BCUT2D eigenvalue weighted by Gasteiger charge is 2.31. The molecule has 0 saturated carbocycles. The fraction of sp³-hybridized carbons (Fsp3) is 0.467. The van der Waals surface area contributed by atoms with Crippen molar-refractivity contribution in [1.82, 2.24) is 10.6 Å². The lowest BCUT2D eigenvalue weighted by molar-refractivity contribution is -0.132. The maximum Gasteiger partial charge on any atom is 0.390 e. The second kappa shape index (κ2) is 7.34. The Hall–Kier alpha value is -2.25. The van der Waals surface area contributed by atoms with Crippen molar-refractivity contribution in [3.63, 3.8) is 0 Å². The third-order valence-electron chi connectivity index (χ3n) is 3.46. The molecule has 1 aliphatic rings. The Labute approximate surface area is 132 Å². The average Bonchev–Trinajstić information content (AvgIpc) is 2.86. The van der Waals surface area contributed by atoms with Crippen LogP contribution >= 0.6 is 0 Å². The van der Waals surface area contributed by atoms with Crippen LogP contribution in [0.1, 0.15) is 12.8 Å². The number of alkyl halides is 3. The molecule has 2 N–H and O–H groups in total. The summed E-state index contributed by atoms with van der Waals surface area (Å²) in [4.78, 5) is 17.6. The van der Waals surface area contributed by atoms with Gasteiger partial charge in [-0.15, -0.1) is 0 Å². The van der Waals surface area contributed by atoms with E-state index in [1.54, 1.807) is 4.90 Å². The van der Waals surface area contributed by atoms with Gasteiger partial charge in [0.05, 0.1) is 12.5 Å². The van der Waals surface area contributed by atoms with Gasteiger partial charge in [-0.25, -0.2) is 0 Å². The van der Waals surface area contributed by atoms with Gasteiger partial charge in [-0.3, -0.25) is 9.79 Å². The lowest BCUT2D eigenvalue weighted by atomic mass is 10.2. The first kappa shape index (κ1) is 17.1. The third kappa shape index (κ3) is 5.15. The molecular formula is C15H19F3N4O. The minimum atomic E-state index is -4.21. The van der Waals surface area contributed by atoms with E-state index in [0.29, 0.717) is 6.54 Å². The first-order valence-electron chi connectivity index (χ1n) is 7.28. The van der Waals surface area contributed by atoms with Crippen molar-refractivity contribution in [3.8, 4) is 0 Å². The molecule has 1 atom stereocenters. The van der Waals surface area contributed by atoms with Gasteiger partial charge in [-0.1, -0.05) is 18.2 Å². The Morgan fingerprint density at radius 2 is 2.04 bits per heavy atom. The molecule has 1 aliphatic heterocycles. The van der Waals surface area contributed by atoms with Crippen LogP contribution in [0.15, 0.2) is 35.3 Å². The lowest BCUT2D eigenvalue weighted by Gasteiger charge is -2.19. The Morgan fingerprint density at radius 1 is 1.35 bits per heavy atom. The molecule has 2 rings (SSSR count). The van der Waals surface area contributed by atoms with Gasteiger partial charge in [0.15, 0.2) is 5.96 Å². The van der Waals surface area contributed by atoms with E-state index in [0.717, 1.165) is 5.69 Å². The topological polar surface area (TPSA) is 56.7 Å². The Kier molecular flexibility index (Phi) is 5.46. The van der Waals surface area contributed by atoms with E-state index >= 15 is 0 Å². The zero-order valence-corrected chi connectivity index (χ0v) is 12.7. The highest BCUT2D eigenvalue weighted by atomic mass is 19.4. The molecule has 1 aromatic carbocycles. The summed E-state index contributed by atoms with van der Waals surface area (Å²) >= 11 is 0. The molecule has 0 radical (unpaired) electrons. The molecule has 0 spiro atoms. The van der Waals surface area contributed by atoms with Crippen LogP contribution in [0.5, 0.6) is 0 Å². The zero-order chi connectivity index (χ0) is 16.9. The number of halogens is 3. The van der Waals surface area contributed by atoms with Crippen LogP contribution in [-0.4, -0.2) is 44.2 Å². The molecule has 0 aromatic heterocycles. The van der Waals surface area contributed by atoms with Crippen molar-refractivity contribution >= 4 is 17.6 Å². The number of hydrogen-bond donors (Lipinski definition) is 2. The summed E-state index contributed by atoms with van der Waals surface area (Å²) in [7, 11) is 1.48. The number of aliphatic imine (C=N–C) groups is 1. The molecule has 1 saturated heterocycles.